The molecule has 0 rings (SSSR count). The van der Waals surface area contributed by atoms with Crippen LogP contribution in [0.1, 0.15) is 19.8 Å². The van der Waals surface area contributed by atoms with Crippen molar-refractivity contribution < 1.29 is 9.53 Å². The van der Waals surface area contributed by atoms with Gasteiger partial charge in [0.2, 0.25) is 5.91 Å². The van der Waals surface area contributed by atoms with Crippen LogP contribution in [0.15, 0.2) is 0 Å². The number of unbranched alkanes of at least 4 members (excludes halogenated alkanes) is 1. The smallest absolute Gasteiger partial charge is 0.234 e. The van der Waals surface area contributed by atoms with Gasteiger partial charge in [-0.25, -0.2) is 0 Å². The van der Waals surface area contributed by atoms with Crippen LogP contribution < -0.4 is 10.6 Å². The predicted molar refractivity (Wildman–Crippen MR) is 70.0 cm³/mol. The standard InChI is InChI=1S/C11H24N2O2S/c1-10(9-15-2)13-11(14)8-12-6-4-5-7-16-3/h10,12H,4-9H2,1-3H3,(H,13,14). The molecule has 0 aliphatic carbocycles. The van der Waals surface area contributed by atoms with Crippen molar-refractivity contribution in [1.82, 2.24) is 10.6 Å². The molecule has 1 atom stereocenters. The number of carbonyl (C=O) groups excluding carboxylic acids is 1. The Morgan fingerprint density at radius 3 is 2.81 bits per heavy atom. The quantitative estimate of drug-likeness (QED) is 0.563. The molecule has 0 aliphatic rings. The SMILES string of the molecule is COCC(C)NC(=O)CNCCCCSC. The molecule has 0 aromatic rings. The van der Waals surface area contributed by atoms with Gasteiger partial charge in [-0.05, 0) is 38.3 Å². The average molecular weight is 248 g/mol. The molecule has 0 heterocycles. The molecule has 0 aromatic carbocycles. The van der Waals surface area contributed by atoms with Crippen molar-refractivity contribution in [2.24, 2.45) is 0 Å². The van der Waals surface area contributed by atoms with E-state index in [4.69, 9.17) is 4.74 Å². The Balaban J connectivity index is 3.30. The van der Waals surface area contributed by atoms with Crippen LogP contribution in [0, 0.1) is 0 Å². The summed E-state index contributed by atoms with van der Waals surface area (Å²) in [5.74, 6) is 1.23. The molecule has 0 saturated carbocycles. The van der Waals surface area contributed by atoms with Crippen LogP contribution in [0.25, 0.3) is 0 Å². The van der Waals surface area contributed by atoms with Gasteiger partial charge >= 0.3 is 0 Å². The third-order valence-corrected chi connectivity index (χ3v) is 2.76. The van der Waals surface area contributed by atoms with E-state index in [0.29, 0.717) is 13.2 Å². The van der Waals surface area contributed by atoms with Crippen molar-refractivity contribution in [2.75, 3.05) is 38.8 Å². The van der Waals surface area contributed by atoms with Crippen molar-refractivity contribution in [3.63, 3.8) is 0 Å². The van der Waals surface area contributed by atoms with Crippen LogP contribution >= 0.6 is 11.8 Å². The van der Waals surface area contributed by atoms with Gasteiger partial charge in [0.1, 0.15) is 0 Å². The molecule has 0 bridgehead atoms. The summed E-state index contributed by atoms with van der Waals surface area (Å²) in [7, 11) is 1.63. The molecule has 2 N–H and O–H groups in total. The molecule has 4 nitrogen and oxygen atoms in total. The summed E-state index contributed by atoms with van der Waals surface area (Å²) in [6.45, 7) is 3.79. The molecular formula is C11H24N2O2S. The number of hydrogen-bond acceptors (Lipinski definition) is 4. The monoisotopic (exact) mass is 248 g/mol. The first kappa shape index (κ1) is 15.7. The molecule has 1 amide bonds. The maximum atomic E-state index is 11.4. The Hall–Kier alpha value is -0.260. The van der Waals surface area contributed by atoms with Gasteiger partial charge in [-0.2, -0.15) is 11.8 Å². The largest absolute Gasteiger partial charge is 0.383 e. The van der Waals surface area contributed by atoms with Gasteiger partial charge in [0.05, 0.1) is 13.2 Å². The Kier molecular flexibility index (Phi) is 11.0. The van der Waals surface area contributed by atoms with E-state index >= 15 is 0 Å². The molecular weight excluding hydrogens is 224 g/mol. The van der Waals surface area contributed by atoms with Gasteiger partial charge in [0.25, 0.3) is 0 Å². The first-order valence-electron chi connectivity index (χ1n) is 5.68. The van der Waals surface area contributed by atoms with Crippen molar-refractivity contribution in [3.8, 4) is 0 Å². The number of hydrogen-bond donors (Lipinski definition) is 2. The molecule has 0 fully saturated rings. The Labute approximate surface area is 103 Å². The highest BCUT2D eigenvalue weighted by Crippen LogP contribution is 1.97. The van der Waals surface area contributed by atoms with E-state index in [1.54, 1.807) is 7.11 Å². The summed E-state index contributed by atoms with van der Waals surface area (Å²) in [4.78, 5) is 11.4. The van der Waals surface area contributed by atoms with E-state index in [1.165, 1.54) is 12.2 Å². The lowest BCUT2D eigenvalue weighted by molar-refractivity contribution is -0.121. The van der Waals surface area contributed by atoms with Crippen LogP contribution in [0.2, 0.25) is 0 Å². The number of ether oxygens (including phenoxy) is 1. The highest BCUT2D eigenvalue weighted by molar-refractivity contribution is 7.98. The molecule has 0 spiro atoms. The highest BCUT2D eigenvalue weighted by atomic mass is 32.2. The fraction of sp³-hybridized carbons (Fsp3) is 0.909. The molecule has 1 unspecified atom stereocenters. The maximum absolute atomic E-state index is 11.4. The van der Waals surface area contributed by atoms with E-state index in [2.05, 4.69) is 16.9 Å². The Morgan fingerprint density at radius 1 is 1.44 bits per heavy atom. The topological polar surface area (TPSA) is 50.4 Å². The fourth-order valence-corrected chi connectivity index (χ4v) is 1.81. The third-order valence-electron chi connectivity index (χ3n) is 2.06. The number of amides is 1. The predicted octanol–water partition coefficient (Wildman–Crippen LogP) is 0.870. The lowest BCUT2D eigenvalue weighted by Crippen LogP contribution is -2.41. The number of nitrogens with one attached hydrogen (secondary N) is 2. The minimum Gasteiger partial charge on any atom is -0.383 e. The summed E-state index contributed by atoms with van der Waals surface area (Å²) >= 11 is 1.86. The van der Waals surface area contributed by atoms with E-state index in [-0.39, 0.29) is 11.9 Å². The minimum absolute atomic E-state index is 0.0365. The summed E-state index contributed by atoms with van der Waals surface area (Å²) < 4.78 is 4.94. The first-order valence-corrected chi connectivity index (χ1v) is 7.08. The van der Waals surface area contributed by atoms with E-state index in [1.807, 2.05) is 18.7 Å². The van der Waals surface area contributed by atoms with Crippen LogP contribution in [-0.2, 0) is 9.53 Å². The second-order valence-corrected chi connectivity index (χ2v) is 4.79. The van der Waals surface area contributed by atoms with Crippen LogP contribution in [0.4, 0.5) is 0 Å². The van der Waals surface area contributed by atoms with Crippen LogP contribution in [0.3, 0.4) is 0 Å². The summed E-state index contributed by atoms with van der Waals surface area (Å²) in [6, 6.07) is 0.0794. The van der Waals surface area contributed by atoms with Crippen molar-refractivity contribution in [3.05, 3.63) is 0 Å². The van der Waals surface area contributed by atoms with Gasteiger partial charge in [-0.15, -0.1) is 0 Å². The second kappa shape index (κ2) is 11.2. The van der Waals surface area contributed by atoms with Gasteiger partial charge in [0, 0.05) is 13.2 Å². The van der Waals surface area contributed by atoms with Crippen LogP contribution in [0.5, 0.6) is 0 Å². The van der Waals surface area contributed by atoms with Gasteiger partial charge in [0.15, 0.2) is 0 Å². The Morgan fingerprint density at radius 2 is 2.19 bits per heavy atom. The van der Waals surface area contributed by atoms with Crippen LogP contribution in [-0.4, -0.2) is 50.8 Å². The number of methoxy groups -OCH3 is 1. The summed E-state index contributed by atoms with van der Waals surface area (Å²) in [5.41, 5.74) is 0. The summed E-state index contributed by atoms with van der Waals surface area (Å²) in [6.07, 6.45) is 4.44. The Bertz CT molecular complexity index is 179. The molecule has 0 saturated heterocycles. The molecule has 5 heteroatoms. The summed E-state index contributed by atoms with van der Waals surface area (Å²) in [5, 5.41) is 5.98. The molecule has 0 aromatic heterocycles. The normalized spacial score (nSPS) is 12.4. The first-order chi connectivity index (χ1) is 7.70. The molecule has 0 aliphatic heterocycles. The van der Waals surface area contributed by atoms with Crippen molar-refractivity contribution in [1.29, 1.82) is 0 Å². The van der Waals surface area contributed by atoms with E-state index in [9.17, 15) is 4.79 Å². The van der Waals surface area contributed by atoms with Gasteiger partial charge < -0.3 is 15.4 Å². The number of carbonyl (C=O) groups is 1. The fourth-order valence-electron chi connectivity index (χ4n) is 1.32. The van der Waals surface area contributed by atoms with Gasteiger partial charge in [-0.3, -0.25) is 4.79 Å². The zero-order chi connectivity index (χ0) is 12.2. The van der Waals surface area contributed by atoms with Crippen molar-refractivity contribution in [2.45, 2.75) is 25.8 Å². The second-order valence-electron chi connectivity index (χ2n) is 3.80. The van der Waals surface area contributed by atoms with Crippen molar-refractivity contribution >= 4 is 17.7 Å². The number of rotatable bonds is 10. The zero-order valence-electron chi connectivity index (χ0n) is 10.5. The molecule has 16 heavy (non-hydrogen) atoms. The lowest BCUT2D eigenvalue weighted by Gasteiger charge is -2.12. The van der Waals surface area contributed by atoms with Gasteiger partial charge in [-0.1, -0.05) is 0 Å². The van der Waals surface area contributed by atoms with E-state index < -0.39 is 0 Å². The highest BCUT2D eigenvalue weighted by Gasteiger charge is 2.05. The zero-order valence-corrected chi connectivity index (χ0v) is 11.4. The number of thioether (sulfide) groups is 1. The third kappa shape index (κ3) is 10.3. The van der Waals surface area contributed by atoms with E-state index in [0.717, 1.165) is 13.0 Å². The lowest BCUT2D eigenvalue weighted by atomic mass is 10.3. The molecule has 0 radical (unpaired) electrons. The minimum atomic E-state index is 0.0365. The maximum Gasteiger partial charge on any atom is 0.234 e. The average Bonchev–Trinajstić information content (AvgIpc) is 2.23. The molecule has 96 valence electrons.